The van der Waals surface area contributed by atoms with Gasteiger partial charge in [-0.25, -0.2) is 0 Å². The van der Waals surface area contributed by atoms with Crippen LogP contribution in [0.15, 0.2) is 65.3 Å². The number of benzene rings is 2. The van der Waals surface area contributed by atoms with Crippen LogP contribution in [0.25, 0.3) is 10.9 Å². The summed E-state index contributed by atoms with van der Waals surface area (Å²) in [5.74, 6) is 1.50. The highest BCUT2D eigenvalue weighted by Crippen LogP contribution is 2.31. The van der Waals surface area contributed by atoms with Gasteiger partial charge < -0.3 is 14.8 Å². The Labute approximate surface area is 152 Å². The van der Waals surface area contributed by atoms with E-state index in [1.165, 1.54) is 16.5 Å². The summed E-state index contributed by atoms with van der Waals surface area (Å²) in [6.07, 6.45) is 2.12. The van der Waals surface area contributed by atoms with Gasteiger partial charge in [0, 0.05) is 29.6 Å². The molecule has 0 aliphatic carbocycles. The molecular weight excluding hydrogens is 324 g/mol. The van der Waals surface area contributed by atoms with Crippen LogP contribution in [0.4, 0.5) is 0 Å². The first-order valence-corrected chi connectivity index (χ1v) is 8.87. The smallest absolute Gasteiger partial charge is 0.243 e. The van der Waals surface area contributed by atoms with Crippen LogP contribution in [0.3, 0.4) is 0 Å². The summed E-state index contributed by atoms with van der Waals surface area (Å²) in [5.41, 5.74) is 3.72. The van der Waals surface area contributed by atoms with E-state index in [1.807, 2.05) is 19.9 Å². The van der Waals surface area contributed by atoms with Gasteiger partial charge in [-0.15, -0.1) is 0 Å². The molecule has 0 bridgehead atoms. The molecule has 2 N–H and O–H groups in total. The van der Waals surface area contributed by atoms with Gasteiger partial charge in [0.15, 0.2) is 5.82 Å². The number of aryl methyl sites for hydroxylation is 1. The monoisotopic (exact) mass is 346 g/mol. The summed E-state index contributed by atoms with van der Waals surface area (Å²) in [7, 11) is 0. The van der Waals surface area contributed by atoms with E-state index in [0.717, 1.165) is 12.1 Å². The number of nitrogens with zero attached hydrogens (tertiary/aromatic N) is 2. The molecule has 5 nitrogen and oxygen atoms in total. The molecule has 5 heteroatoms. The second kappa shape index (κ2) is 7.14. The third kappa shape index (κ3) is 3.26. The van der Waals surface area contributed by atoms with Crippen molar-refractivity contribution in [2.45, 2.75) is 25.8 Å². The Morgan fingerprint density at radius 1 is 1.08 bits per heavy atom. The van der Waals surface area contributed by atoms with E-state index in [9.17, 15) is 0 Å². The Kier molecular flexibility index (Phi) is 4.54. The van der Waals surface area contributed by atoms with Crippen LogP contribution in [0.2, 0.25) is 0 Å². The van der Waals surface area contributed by atoms with Crippen LogP contribution < -0.4 is 5.32 Å². The van der Waals surface area contributed by atoms with Gasteiger partial charge in [0.05, 0.1) is 6.04 Å². The number of aromatic nitrogens is 3. The minimum absolute atomic E-state index is 0.00683. The van der Waals surface area contributed by atoms with Gasteiger partial charge in [-0.3, -0.25) is 0 Å². The van der Waals surface area contributed by atoms with Crippen molar-refractivity contribution in [1.82, 2.24) is 20.4 Å². The molecule has 2 heterocycles. The van der Waals surface area contributed by atoms with Crippen LogP contribution >= 0.6 is 0 Å². The van der Waals surface area contributed by atoms with Gasteiger partial charge in [0.2, 0.25) is 5.89 Å². The number of hydrogen-bond acceptors (Lipinski definition) is 4. The molecule has 2 aromatic heterocycles. The average Bonchev–Trinajstić information content (AvgIpc) is 3.29. The largest absolute Gasteiger partial charge is 0.361 e. The van der Waals surface area contributed by atoms with E-state index in [4.69, 9.17) is 4.52 Å². The molecule has 0 spiro atoms. The molecule has 0 radical (unpaired) electrons. The number of fused-ring (bicyclic) bond motifs is 1. The summed E-state index contributed by atoms with van der Waals surface area (Å²) in [5, 5.41) is 8.69. The van der Waals surface area contributed by atoms with Crippen molar-refractivity contribution in [3.05, 3.63) is 83.6 Å². The maximum absolute atomic E-state index is 5.30. The molecule has 0 unspecified atom stereocenters. The second-order valence-corrected chi connectivity index (χ2v) is 6.56. The molecule has 4 aromatic rings. The Morgan fingerprint density at radius 3 is 2.62 bits per heavy atom. The number of aromatic amines is 1. The molecule has 26 heavy (non-hydrogen) atoms. The molecule has 0 aliphatic rings. The number of nitrogens with one attached hydrogen (secondary N) is 2. The minimum Gasteiger partial charge on any atom is -0.361 e. The average molecular weight is 346 g/mol. The molecule has 0 amide bonds. The Hall–Kier alpha value is -2.92. The van der Waals surface area contributed by atoms with Crippen molar-refractivity contribution >= 4 is 10.9 Å². The highest BCUT2D eigenvalue weighted by Gasteiger charge is 2.20. The number of H-pyrrole nitrogens is 1. The van der Waals surface area contributed by atoms with Crippen LogP contribution in [-0.4, -0.2) is 21.7 Å². The summed E-state index contributed by atoms with van der Waals surface area (Å²) in [6.45, 7) is 4.65. The quantitative estimate of drug-likeness (QED) is 0.545. The molecule has 0 aliphatic heterocycles. The third-order valence-corrected chi connectivity index (χ3v) is 4.74. The van der Waals surface area contributed by atoms with E-state index in [-0.39, 0.29) is 12.0 Å². The fourth-order valence-corrected chi connectivity index (χ4v) is 3.35. The summed E-state index contributed by atoms with van der Waals surface area (Å²) in [4.78, 5) is 7.72. The zero-order valence-electron chi connectivity index (χ0n) is 14.9. The Morgan fingerprint density at radius 2 is 1.85 bits per heavy atom. The summed E-state index contributed by atoms with van der Waals surface area (Å²) in [6, 6.07) is 19.0. The third-order valence-electron chi connectivity index (χ3n) is 4.74. The van der Waals surface area contributed by atoms with E-state index in [1.54, 1.807) is 0 Å². The molecule has 4 rings (SSSR count). The van der Waals surface area contributed by atoms with E-state index in [0.29, 0.717) is 11.7 Å². The molecule has 2 aromatic carbocycles. The molecule has 0 saturated heterocycles. The van der Waals surface area contributed by atoms with E-state index in [2.05, 4.69) is 75.2 Å². The molecule has 2 atom stereocenters. The molecule has 0 fully saturated rings. The van der Waals surface area contributed by atoms with Crippen LogP contribution in [-0.2, 0) is 0 Å². The van der Waals surface area contributed by atoms with Crippen molar-refractivity contribution in [2.24, 2.45) is 0 Å². The predicted octanol–water partition coefficient (Wildman–Crippen LogP) is 4.34. The topological polar surface area (TPSA) is 66.7 Å². The number of hydrogen-bond donors (Lipinski definition) is 2. The lowest BCUT2D eigenvalue weighted by molar-refractivity contribution is 0.336. The first-order chi connectivity index (χ1) is 12.7. The van der Waals surface area contributed by atoms with E-state index < -0.39 is 0 Å². The fourth-order valence-electron chi connectivity index (χ4n) is 3.35. The minimum atomic E-state index is -0.00683. The summed E-state index contributed by atoms with van der Waals surface area (Å²) < 4.78 is 5.30. The lowest BCUT2D eigenvalue weighted by atomic mass is 9.90. The maximum atomic E-state index is 5.30. The zero-order chi connectivity index (χ0) is 17.9. The van der Waals surface area contributed by atoms with E-state index >= 15 is 0 Å². The van der Waals surface area contributed by atoms with Gasteiger partial charge >= 0.3 is 0 Å². The Balaban J connectivity index is 1.63. The molecular formula is C21H22N4O. The van der Waals surface area contributed by atoms with Crippen molar-refractivity contribution in [3.8, 4) is 0 Å². The van der Waals surface area contributed by atoms with Crippen LogP contribution in [0.5, 0.6) is 0 Å². The highest BCUT2D eigenvalue weighted by atomic mass is 16.5. The maximum Gasteiger partial charge on any atom is 0.243 e. The van der Waals surface area contributed by atoms with Crippen molar-refractivity contribution in [2.75, 3.05) is 6.54 Å². The summed E-state index contributed by atoms with van der Waals surface area (Å²) >= 11 is 0. The SMILES string of the molecule is Cc1noc([C@H](C)NC[C@@H](c2ccccc2)c2c[nH]c3ccccc23)n1. The van der Waals surface area contributed by atoms with Gasteiger partial charge in [0.25, 0.3) is 0 Å². The lowest BCUT2D eigenvalue weighted by Crippen LogP contribution is -2.25. The highest BCUT2D eigenvalue weighted by molar-refractivity contribution is 5.84. The van der Waals surface area contributed by atoms with Gasteiger partial charge in [-0.1, -0.05) is 53.7 Å². The number of rotatable bonds is 6. The van der Waals surface area contributed by atoms with Crippen molar-refractivity contribution in [1.29, 1.82) is 0 Å². The van der Waals surface area contributed by atoms with Gasteiger partial charge in [-0.2, -0.15) is 4.98 Å². The Bertz CT molecular complexity index is 989. The van der Waals surface area contributed by atoms with Gasteiger partial charge in [-0.05, 0) is 31.0 Å². The van der Waals surface area contributed by atoms with Crippen LogP contribution in [0.1, 0.15) is 41.7 Å². The molecule has 132 valence electrons. The first-order valence-electron chi connectivity index (χ1n) is 8.87. The fraction of sp³-hybridized carbons (Fsp3) is 0.238. The first kappa shape index (κ1) is 16.5. The standard InChI is InChI=1S/C21H22N4O/c1-14(21-24-15(2)25-26-21)22-12-18(16-8-4-3-5-9-16)19-13-23-20-11-7-6-10-17(19)20/h3-11,13-14,18,22-23H,12H2,1-2H3/t14-,18-/m0/s1. The van der Waals surface area contributed by atoms with Crippen molar-refractivity contribution < 1.29 is 4.52 Å². The second-order valence-electron chi connectivity index (χ2n) is 6.56. The normalized spacial score (nSPS) is 13.8. The zero-order valence-corrected chi connectivity index (χ0v) is 14.9. The molecule has 0 saturated carbocycles. The van der Waals surface area contributed by atoms with Crippen molar-refractivity contribution in [3.63, 3.8) is 0 Å². The number of para-hydroxylation sites is 1. The van der Waals surface area contributed by atoms with Gasteiger partial charge in [0.1, 0.15) is 0 Å². The predicted molar refractivity (Wildman–Crippen MR) is 102 cm³/mol. The lowest BCUT2D eigenvalue weighted by Gasteiger charge is -2.20. The van der Waals surface area contributed by atoms with Crippen LogP contribution in [0, 0.1) is 6.92 Å².